The van der Waals surface area contributed by atoms with E-state index in [-0.39, 0.29) is 17.9 Å². The topological polar surface area (TPSA) is 86.3 Å². The van der Waals surface area contributed by atoms with Gasteiger partial charge in [-0.1, -0.05) is 0 Å². The number of carbonyl (C=O) groups excluding carboxylic acids is 1. The summed E-state index contributed by atoms with van der Waals surface area (Å²) in [6.07, 6.45) is 7.64. The average Bonchev–Trinajstić information content (AvgIpc) is 3.37. The average molecular weight is 340 g/mol. The van der Waals surface area contributed by atoms with Crippen molar-refractivity contribution in [2.24, 2.45) is 5.92 Å². The summed E-state index contributed by atoms with van der Waals surface area (Å²) >= 11 is 0. The second-order valence-corrected chi connectivity index (χ2v) is 6.07. The molecule has 0 aromatic carbocycles. The van der Waals surface area contributed by atoms with E-state index in [1.165, 1.54) is 0 Å². The lowest BCUT2D eigenvalue weighted by Gasteiger charge is -2.19. The first-order valence-corrected chi connectivity index (χ1v) is 8.47. The maximum Gasteiger partial charge on any atom is 0.256 e. The van der Waals surface area contributed by atoms with Crippen molar-refractivity contribution in [2.45, 2.75) is 26.0 Å². The first-order valence-electron chi connectivity index (χ1n) is 8.47. The van der Waals surface area contributed by atoms with E-state index >= 15 is 0 Å². The van der Waals surface area contributed by atoms with Crippen LogP contribution >= 0.6 is 0 Å². The number of fused-ring (bicyclic) bond motifs is 1. The summed E-state index contributed by atoms with van der Waals surface area (Å²) in [7, 11) is 0. The second kappa shape index (κ2) is 6.64. The molecule has 0 aliphatic carbocycles. The van der Waals surface area contributed by atoms with Gasteiger partial charge in [0.15, 0.2) is 5.65 Å². The van der Waals surface area contributed by atoms with Crippen molar-refractivity contribution >= 4 is 11.6 Å². The minimum atomic E-state index is -0.164. The molecule has 8 heteroatoms. The Labute approximate surface area is 144 Å². The van der Waals surface area contributed by atoms with E-state index in [1.807, 2.05) is 10.7 Å². The van der Waals surface area contributed by atoms with Crippen molar-refractivity contribution in [1.29, 1.82) is 0 Å². The minimum Gasteiger partial charge on any atom is -0.372 e. The van der Waals surface area contributed by atoms with Crippen LogP contribution in [0, 0.1) is 5.92 Å². The van der Waals surface area contributed by atoms with Crippen LogP contribution in [-0.2, 0) is 11.3 Å². The SMILES string of the molecule is CCn1nccc1[C@@H]1OCC[C@H]1CNC(=O)c1cnn2cccnc12. The highest BCUT2D eigenvalue weighted by molar-refractivity contribution is 5.99. The normalized spacial score (nSPS) is 20.2. The van der Waals surface area contributed by atoms with E-state index in [4.69, 9.17) is 4.74 Å². The molecule has 3 aromatic heterocycles. The van der Waals surface area contributed by atoms with Gasteiger partial charge in [-0.15, -0.1) is 0 Å². The molecular formula is C17H20N6O2. The molecule has 0 spiro atoms. The number of hydrogen-bond donors (Lipinski definition) is 1. The van der Waals surface area contributed by atoms with E-state index in [9.17, 15) is 4.79 Å². The van der Waals surface area contributed by atoms with Crippen molar-refractivity contribution in [3.8, 4) is 0 Å². The molecule has 0 saturated carbocycles. The number of hydrogen-bond acceptors (Lipinski definition) is 5. The highest BCUT2D eigenvalue weighted by atomic mass is 16.5. The van der Waals surface area contributed by atoms with Gasteiger partial charge in [0.1, 0.15) is 11.7 Å². The Bertz CT molecular complexity index is 886. The molecule has 130 valence electrons. The van der Waals surface area contributed by atoms with Crippen LogP contribution < -0.4 is 5.32 Å². The van der Waals surface area contributed by atoms with Gasteiger partial charge >= 0.3 is 0 Å². The molecule has 1 aliphatic rings. The fourth-order valence-electron chi connectivity index (χ4n) is 3.33. The van der Waals surface area contributed by atoms with Crippen LogP contribution in [0.3, 0.4) is 0 Å². The summed E-state index contributed by atoms with van der Waals surface area (Å²) < 4.78 is 9.44. The van der Waals surface area contributed by atoms with E-state index < -0.39 is 0 Å². The van der Waals surface area contributed by atoms with Gasteiger partial charge in [-0.2, -0.15) is 10.2 Å². The van der Waals surface area contributed by atoms with Crippen LogP contribution in [-0.4, -0.2) is 43.4 Å². The lowest BCUT2D eigenvalue weighted by molar-refractivity contribution is 0.0795. The van der Waals surface area contributed by atoms with Crippen molar-refractivity contribution < 1.29 is 9.53 Å². The molecule has 1 aliphatic heterocycles. The first kappa shape index (κ1) is 15.8. The Balaban J connectivity index is 1.46. The third-order valence-corrected chi connectivity index (χ3v) is 4.60. The third kappa shape index (κ3) is 2.89. The Morgan fingerprint density at radius 3 is 3.20 bits per heavy atom. The number of amides is 1. The van der Waals surface area contributed by atoms with E-state index in [2.05, 4.69) is 27.4 Å². The van der Waals surface area contributed by atoms with Crippen LogP contribution in [0.15, 0.2) is 36.9 Å². The van der Waals surface area contributed by atoms with Crippen molar-refractivity contribution in [2.75, 3.05) is 13.2 Å². The molecule has 8 nitrogen and oxygen atoms in total. The maximum absolute atomic E-state index is 12.5. The van der Waals surface area contributed by atoms with E-state index in [0.29, 0.717) is 24.4 Å². The van der Waals surface area contributed by atoms with Crippen LogP contribution in [0.5, 0.6) is 0 Å². The Morgan fingerprint density at radius 2 is 2.32 bits per heavy atom. The summed E-state index contributed by atoms with van der Waals surface area (Å²) in [6.45, 7) is 4.09. The third-order valence-electron chi connectivity index (χ3n) is 4.60. The Morgan fingerprint density at radius 1 is 1.40 bits per heavy atom. The fraction of sp³-hybridized carbons (Fsp3) is 0.412. The molecular weight excluding hydrogens is 320 g/mol. The molecule has 2 atom stereocenters. The van der Waals surface area contributed by atoms with Crippen molar-refractivity contribution in [3.05, 3.63) is 48.2 Å². The zero-order chi connectivity index (χ0) is 17.2. The second-order valence-electron chi connectivity index (χ2n) is 6.07. The number of nitrogens with zero attached hydrogens (tertiary/aromatic N) is 5. The van der Waals surface area contributed by atoms with Crippen molar-refractivity contribution in [3.63, 3.8) is 0 Å². The van der Waals surface area contributed by atoms with Gasteiger partial charge in [0.05, 0.1) is 11.9 Å². The highest BCUT2D eigenvalue weighted by Crippen LogP contribution is 2.34. The molecule has 1 amide bonds. The van der Waals surface area contributed by atoms with Gasteiger partial charge in [-0.3, -0.25) is 9.48 Å². The van der Waals surface area contributed by atoms with E-state index in [0.717, 1.165) is 18.7 Å². The summed E-state index contributed by atoms with van der Waals surface area (Å²) in [5.41, 5.74) is 2.11. The van der Waals surface area contributed by atoms with Crippen LogP contribution in [0.25, 0.3) is 5.65 Å². The quantitative estimate of drug-likeness (QED) is 0.760. The lowest BCUT2D eigenvalue weighted by atomic mass is 9.98. The molecule has 0 radical (unpaired) electrons. The van der Waals surface area contributed by atoms with Gasteiger partial charge in [0.2, 0.25) is 0 Å². The Kier molecular flexibility index (Phi) is 4.19. The molecule has 4 heterocycles. The molecule has 1 N–H and O–H groups in total. The lowest BCUT2D eigenvalue weighted by Crippen LogP contribution is -2.31. The smallest absolute Gasteiger partial charge is 0.256 e. The van der Waals surface area contributed by atoms with E-state index in [1.54, 1.807) is 35.4 Å². The standard InChI is InChI=1S/C17H20N6O2/c1-2-22-14(4-7-20-22)15-12(5-9-25-15)10-19-17(24)13-11-21-23-8-3-6-18-16(13)23/h3-4,6-8,11-12,15H,2,5,9-10H2,1H3,(H,19,24)/t12-,15+/m0/s1. The summed E-state index contributed by atoms with van der Waals surface area (Å²) in [5.74, 6) is 0.0593. The first-order chi connectivity index (χ1) is 12.3. The van der Waals surface area contributed by atoms with Gasteiger partial charge < -0.3 is 10.1 Å². The summed E-state index contributed by atoms with van der Waals surface area (Å²) in [5, 5.41) is 11.5. The fourth-order valence-corrected chi connectivity index (χ4v) is 3.33. The van der Waals surface area contributed by atoms with Gasteiger partial charge in [-0.25, -0.2) is 9.50 Å². The summed E-state index contributed by atoms with van der Waals surface area (Å²) in [4.78, 5) is 16.8. The van der Waals surface area contributed by atoms with Crippen LogP contribution in [0.4, 0.5) is 0 Å². The highest BCUT2D eigenvalue weighted by Gasteiger charge is 2.32. The number of nitrogens with one attached hydrogen (secondary N) is 1. The van der Waals surface area contributed by atoms with Gasteiger partial charge in [-0.05, 0) is 25.5 Å². The van der Waals surface area contributed by atoms with Crippen LogP contribution in [0.2, 0.25) is 0 Å². The maximum atomic E-state index is 12.5. The molecule has 1 saturated heterocycles. The van der Waals surface area contributed by atoms with Crippen LogP contribution in [0.1, 0.15) is 35.5 Å². The predicted octanol–water partition coefficient (Wildman–Crippen LogP) is 1.45. The largest absolute Gasteiger partial charge is 0.372 e. The molecule has 25 heavy (non-hydrogen) atoms. The number of aryl methyl sites for hydroxylation is 1. The zero-order valence-corrected chi connectivity index (χ0v) is 14.0. The number of rotatable bonds is 5. The molecule has 4 rings (SSSR count). The van der Waals surface area contributed by atoms with Gasteiger partial charge in [0.25, 0.3) is 5.91 Å². The number of carbonyl (C=O) groups is 1. The zero-order valence-electron chi connectivity index (χ0n) is 14.0. The number of aromatic nitrogens is 5. The summed E-state index contributed by atoms with van der Waals surface area (Å²) in [6, 6.07) is 3.77. The molecule has 1 fully saturated rings. The number of ether oxygens (including phenoxy) is 1. The predicted molar refractivity (Wildman–Crippen MR) is 90.0 cm³/mol. The Hall–Kier alpha value is -2.74. The van der Waals surface area contributed by atoms with Crippen molar-refractivity contribution in [1.82, 2.24) is 29.7 Å². The molecule has 0 bridgehead atoms. The molecule has 3 aromatic rings. The van der Waals surface area contributed by atoms with Gasteiger partial charge in [0, 0.05) is 44.2 Å². The minimum absolute atomic E-state index is 0.0372. The monoisotopic (exact) mass is 340 g/mol. The molecule has 0 unspecified atom stereocenters.